The van der Waals surface area contributed by atoms with Crippen molar-refractivity contribution in [2.75, 3.05) is 11.4 Å². The third-order valence-corrected chi connectivity index (χ3v) is 4.46. The highest BCUT2D eigenvalue weighted by Crippen LogP contribution is 2.34. The van der Waals surface area contributed by atoms with Crippen LogP contribution in [0.25, 0.3) is 6.08 Å². The number of hydrogen-bond donors (Lipinski definition) is 0. The van der Waals surface area contributed by atoms with Gasteiger partial charge in [0.05, 0.1) is 21.3 Å². The average Bonchev–Trinajstić information content (AvgIpc) is 2.81. The monoisotopic (exact) mass is 415 g/mol. The number of hydrogen-bond acceptors (Lipinski definition) is 3. The van der Waals surface area contributed by atoms with Gasteiger partial charge in [-0.25, -0.2) is 0 Å². The van der Waals surface area contributed by atoms with Gasteiger partial charge in [-0.05, 0) is 35.9 Å². The van der Waals surface area contributed by atoms with E-state index in [1.165, 1.54) is 11.0 Å². The number of amides is 1. The van der Waals surface area contributed by atoms with Crippen molar-refractivity contribution < 1.29 is 27.5 Å². The number of alkyl halides is 3. The van der Waals surface area contributed by atoms with E-state index in [-0.39, 0.29) is 17.8 Å². The van der Waals surface area contributed by atoms with Crippen LogP contribution in [0.1, 0.15) is 15.9 Å². The summed E-state index contributed by atoms with van der Waals surface area (Å²) in [4.78, 5) is 25.4. The lowest BCUT2D eigenvalue weighted by molar-refractivity contribution is -0.274. The molecular weight excluding hydrogens is 406 g/mol. The van der Waals surface area contributed by atoms with Gasteiger partial charge in [0, 0.05) is 6.54 Å². The molecule has 1 aliphatic rings. The van der Waals surface area contributed by atoms with Crippen LogP contribution >= 0.6 is 23.2 Å². The second kappa shape index (κ2) is 7.25. The summed E-state index contributed by atoms with van der Waals surface area (Å²) < 4.78 is 40.7. The number of anilines is 1. The number of ketones is 1. The average molecular weight is 416 g/mol. The Bertz CT molecular complexity index is 957. The van der Waals surface area contributed by atoms with Crippen LogP contribution in [0.5, 0.6) is 5.75 Å². The zero-order chi connectivity index (χ0) is 19.8. The summed E-state index contributed by atoms with van der Waals surface area (Å²) in [5.41, 5.74) is 0.819. The van der Waals surface area contributed by atoms with E-state index >= 15 is 0 Å². The van der Waals surface area contributed by atoms with Gasteiger partial charge in [0.2, 0.25) is 0 Å². The van der Waals surface area contributed by atoms with Crippen molar-refractivity contribution in [1.29, 1.82) is 0 Å². The van der Waals surface area contributed by atoms with Gasteiger partial charge in [0.15, 0.2) is 0 Å². The van der Waals surface area contributed by atoms with Crippen molar-refractivity contribution in [1.82, 2.24) is 0 Å². The zero-order valence-corrected chi connectivity index (χ0v) is 14.9. The van der Waals surface area contributed by atoms with Crippen molar-refractivity contribution in [3.05, 3.63) is 63.6 Å². The Kier molecular flexibility index (Phi) is 5.17. The number of carbonyl (C=O) groups excluding carboxylic acids is 2. The molecule has 27 heavy (non-hydrogen) atoms. The number of halogens is 5. The second-order valence-corrected chi connectivity index (χ2v) is 6.36. The molecule has 0 saturated heterocycles. The largest absolute Gasteiger partial charge is 0.573 e. The number of carbonyl (C=O) groups is 2. The molecule has 1 heterocycles. The normalized spacial score (nSPS) is 14.2. The van der Waals surface area contributed by atoms with Crippen LogP contribution in [0.3, 0.4) is 0 Å². The van der Waals surface area contributed by atoms with E-state index in [9.17, 15) is 22.8 Å². The minimum atomic E-state index is -4.89. The summed E-state index contributed by atoms with van der Waals surface area (Å²) in [6.07, 6.45) is -1.58. The first-order valence-corrected chi connectivity index (χ1v) is 8.29. The molecule has 2 aromatic rings. The first-order valence-electron chi connectivity index (χ1n) is 7.53. The molecule has 0 saturated carbocycles. The zero-order valence-electron chi connectivity index (χ0n) is 13.4. The van der Waals surface area contributed by atoms with Crippen LogP contribution in [-0.4, -0.2) is 24.6 Å². The molecule has 2 aromatic carbocycles. The second-order valence-electron chi connectivity index (χ2n) is 5.55. The first kappa shape index (κ1) is 19.3. The number of Topliss-reactive ketones (excluding diaryl/α,β-unsaturated/α-hetero) is 1. The van der Waals surface area contributed by atoms with E-state index in [0.717, 1.165) is 17.7 Å². The Morgan fingerprint density at radius 1 is 1.04 bits per heavy atom. The van der Waals surface area contributed by atoms with Gasteiger partial charge in [0.25, 0.3) is 11.7 Å². The molecule has 0 N–H and O–H groups in total. The molecule has 0 aromatic heterocycles. The van der Waals surface area contributed by atoms with Crippen molar-refractivity contribution in [2.45, 2.75) is 6.36 Å². The van der Waals surface area contributed by atoms with E-state index in [4.69, 9.17) is 23.2 Å². The van der Waals surface area contributed by atoms with Crippen LogP contribution in [0.15, 0.2) is 42.5 Å². The number of rotatable bonds is 4. The fraction of sp³-hybridized carbons (Fsp3) is 0.111. The molecule has 0 radical (unpaired) electrons. The Morgan fingerprint density at radius 3 is 2.44 bits per heavy atom. The fourth-order valence-electron chi connectivity index (χ4n) is 2.57. The Labute approximate surface area is 161 Å². The molecule has 0 spiro atoms. The molecule has 0 bridgehead atoms. The fourth-order valence-corrected chi connectivity index (χ4v) is 2.87. The van der Waals surface area contributed by atoms with Crippen LogP contribution in [0.2, 0.25) is 10.0 Å². The molecule has 0 aliphatic carbocycles. The van der Waals surface area contributed by atoms with Gasteiger partial charge >= 0.3 is 6.36 Å². The van der Waals surface area contributed by atoms with Gasteiger partial charge in [-0.1, -0.05) is 41.4 Å². The van der Waals surface area contributed by atoms with Crippen LogP contribution in [-0.2, 0) is 4.79 Å². The standard InChI is InChI=1S/C18H10Cl2F3NO3/c19-13-5-3-10(8-14(13)20)2-1-7-24-15-6-4-11(27-18(21,22)23)9-12(15)16(25)17(24)26/h1-6,8-9H,7H2. The van der Waals surface area contributed by atoms with Gasteiger partial charge < -0.3 is 9.64 Å². The van der Waals surface area contributed by atoms with Crippen molar-refractivity contribution in [3.8, 4) is 5.75 Å². The summed E-state index contributed by atoms with van der Waals surface area (Å²) in [6.45, 7) is 0.0529. The van der Waals surface area contributed by atoms with E-state index in [1.54, 1.807) is 30.4 Å². The number of fused-ring (bicyclic) bond motifs is 1. The van der Waals surface area contributed by atoms with Crippen molar-refractivity contribution in [2.24, 2.45) is 0 Å². The van der Waals surface area contributed by atoms with Gasteiger partial charge in [-0.2, -0.15) is 0 Å². The third kappa shape index (κ3) is 4.26. The lowest BCUT2D eigenvalue weighted by Crippen LogP contribution is -2.29. The molecule has 1 aliphatic heterocycles. The van der Waals surface area contributed by atoms with Crippen LogP contribution in [0, 0.1) is 0 Å². The molecule has 0 atom stereocenters. The predicted octanol–water partition coefficient (Wildman–Crippen LogP) is 5.13. The minimum absolute atomic E-state index is 0.0529. The van der Waals surface area contributed by atoms with E-state index in [1.807, 2.05) is 0 Å². The third-order valence-electron chi connectivity index (χ3n) is 3.72. The first-order chi connectivity index (χ1) is 12.7. The Hall–Kier alpha value is -2.51. The molecule has 3 rings (SSSR count). The Balaban J connectivity index is 1.80. The van der Waals surface area contributed by atoms with Gasteiger partial charge in [-0.15, -0.1) is 13.2 Å². The van der Waals surface area contributed by atoms with Crippen LogP contribution < -0.4 is 9.64 Å². The van der Waals surface area contributed by atoms with Crippen LogP contribution in [0.4, 0.5) is 18.9 Å². The van der Waals surface area contributed by atoms with E-state index in [2.05, 4.69) is 4.74 Å². The molecular formula is C18H10Cl2F3NO3. The summed E-state index contributed by atoms with van der Waals surface area (Å²) in [7, 11) is 0. The van der Waals surface area contributed by atoms with Crippen molar-refractivity contribution >= 4 is 46.7 Å². The maximum atomic E-state index is 12.3. The molecule has 0 unspecified atom stereocenters. The highest BCUT2D eigenvalue weighted by atomic mass is 35.5. The Morgan fingerprint density at radius 2 is 1.78 bits per heavy atom. The quantitative estimate of drug-likeness (QED) is 0.649. The lowest BCUT2D eigenvalue weighted by Gasteiger charge is -2.15. The molecule has 1 amide bonds. The lowest BCUT2D eigenvalue weighted by atomic mass is 10.1. The summed E-state index contributed by atoms with van der Waals surface area (Å²) >= 11 is 11.8. The molecule has 140 valence electrons. The highest BCUT2D eigenvalue weighted by molar-refractivity contribution is 6.52. The minimum Gasteiger partial charge on any atom is -0.406 e. The maximum absolute atomic E-state index is 12.3. The summed E-state index contributed by atoms with van der Waals surface area (Å²) in [6, 6.07) is 8.17. The predicted molar refractivity (Wildman–Crippen MR) is 95.3 cm³/mol. The maximum Gasteiger partial charge on any atom is 0.573 e. The van der Waals surface area contributed by atoms with E-state index in [0.29, 0.717) is 10.0 Å². The van der Waals surface area contributed by atoms with E-state index < -0.39 is 23.8 Å². The van der Waals surface area contributed by atoms with Gasteiger partial charge in [0.1, 0.15) is 5.75 Å². The SMILES string of the molecule is O=C1C(=O)N(CC=Cc2ccc(Cl)c(Cl)c2)c2ccc(OC(F)(F)F)cc21. The molecule has 9 heteroatoms. The summed E-state index contributed by atoms with van der Waals surface area (Å²) in [5, 5.41) is 0.772. The smallest absolute Gasteiger partial charge is 0.406 e. The molecule has 0 fully saturated rings. The number of ether oxygens (including phenoxy) is 1. The topological polar surface area (TPSA) is 46.6 Å². The van der Waals surface area contributed by atoms with Gasteiger partial charge in [-0.3, -0.25) is 9.59 Å². The summed E-state index contributed by atoms with van der Waals surface area (Å²) in [5.74, 6) is -2.27. The molecule has 4 nitrogen and oxygen atoms in total. The number of benzene rings is 2. The number of nitrogens with zero attached hydrogens (tertiary/aromatic N) is 1. The van der Waals surface area contributed by atoms with Crippen molar-refractivity contribution in [3.63, 3.8) is 0 Å². The highest BCUT2D eigenvalue weighted by Gasteiger charge is 2.37.